The molecule has 0 saturated carbocycles. The fourth-order valence-electron chi connectivity index (χ4n) is 1.81. The number of ether oxygens (including phenoxy) is 1. The van der Waals surface area contributed by atoms with E-state index in [2.05, 4.69) is 21.2 Å². The van der Waals surface area contributed by atoms with Crippen molar-refractivity contribution in [1.29, 1.82) is 0 Å². The molecule has 0 radical (unpaired) electrons. The molecule has 2 aromatic rings. The average Bonchev–Trinajstić information content (AvgIpc) is 2.45. The Bertz CT molecular complexity index is 666. The molecular formula is C15H13BrCl2FNO. The first-order chi connectivity index (χ1) is 9.92. The normalized spacial score (nSPS) is 12.3. The Balaban J connectivity index is 2.42. The van der Waals surface area contributed by atoms with Crippen molar-refractivity contribution >= 4 is 39.1 Å². The first kappa shape index (κ1) is 16.6. The van der Waals surface area contributed by atoms with Crippen molar-refractivity contribution in [3.05, 3.63) is 56.2 Å². The molecule has 0 aliphatic rings. The van der Waals surface area contributed by atoms with Gasteiger partial charge in [0.1, 0.15) is 17.3 Å². The van der Waals surface area contributed by atoms with Crippen LogP contribution in [0.4, 0.5) is 4.39 Å². The Hall–Kier alpha value is -0.810. The summed E-state index contributed by atoms with van der Waals surface area (Å²) in [5.74, 6) is 0.624. The van der Waals surface area contributed by atoms with Gasteiger partial charge in [0.15, 0.2) is 0 Å². The highest BCUT2D eigenvalue weighted by atomic mass is 79.9. The lowest BCUT2D eigenvalue weighted by Crippen LogP contribution is -2.13. The van der Waals surface area contributed by atoms with Gasteiger partial charge in [0.05, 0.1) is 10.0 Å². The minimum Gasteiger partial charge on any atom is -0.455 e. The monoisotopic (exact) mass is 391 g/mol. The number of benzene rings is 2. The Morgan fingerprint density at radius 3 is 2.52 bits per heavy atom. The molecule has 2 aromatic carbocycles. The van der Waals surface area contributed by atoms with Crippen LogP contribution in [0.1, 0.15) is 18.5 Å². The first-order valence-electron chi connectivity index (χ1n) is 6.21. The second kappa shape index (κ2) is 6.97. The van der Waals surface area contributed by atoms with Gasteiger partial charge in [0, 0.05) is 22.1 Å². The summed E-state index contributed by atoms with van der Waals surface area (Å²) in [5, 5.41) is 3.96. The molecule has 0 spiro atoms. The minimum absolute atomic E-state index is 0.0691. The van der Waals surface area contributed by atoms with E-state index in [1.54, 1.807) is 25.2 Å². The maximum absolute atomic E-state index is 13.4. The topological polar surface area (TPSA) is 21.3 Å². The molecule has 1 unspecified atom stereocenters. The zero-order valence-corrected chi connectivity index (χ0v) is 14.5. The van der Waals surface area contributed by atoms with Crippen molar-refractivity contribution in [2.75, 3.05) is 7.05 Å². The van der Waals surface area contributed by atoms with E-state index in [-0.39, 0.29) is 11.9 Å². The standard InChI is InChI=1S/C15H13BrCl2FNO/c1-8(20-2)10-5-9(19)3-4-14(10)21-15-7-12(17)11(16)6-13(15)18/h3-8,20H,1-2H3. The quantitative estimate of drug-likeness (QED) is 0.647. The fraction of sp³-hybridized carbons (Fsp3) is 0.200. The lowest BCUT2D eigenvalue weighted by molar-refractivity contribution is 0.463. The van der Waals surface area contributed by atoms with Crippen LogP contribution >= 0.6 is 39.1 Å². The van der Waals surface area contributed by atoms with Crippen LogP contribution in [-0.2, 0) is 0 Å². The highest BCUT2D eigenvalue weighted by molar-refractivity contribution is 9.10. The average molecular weight is 393 g/mol. The van der Waals surface area contributed by atoms with Gasteiger partial charge in [-0.3, -0.25) is 0 Å². The molecule has 0 heterocycles. The smallest absolute Gasteiger partial charge is 0.147 e. The minimum atomic E-state index is -0.320. The molecule has 2 nitrogen and oxygen atoms in total. The van der Waals surface area contributed by atoms with E-state index in [0.29, 0.717) is 31.6 Å². The molecule has 0 aliphatic heterocycles. The fourth-order valence-corrected chi connectivity index (χ4v) is 2.64. The van der Waals surface area contributed by atoms with Gasteiger partial charge in [-0.05, 0) is 54.2 Å². The molecule has 1 atom stereocenters. The SMILES string of the molecule is CNC(C)c1cc(F)ccc1Oc1cc(Cl)c(Br)cc1Cl. The summed E-state index contributed by atoms with van der Waals surface area (Å²) in [7, 11) is 1.79. The molecule has 0 aliphatic carbocycles. The van der Waals surface area contributed by atoms with Gasteiger partial charge < -0.3 is 10.1 Å². The molecule has 0 amide bonds. The number of halogens is 4. The molecule has 0 bridgehead atoms. The predicted molar refractivity (Wildman–Crippen MR) is 88.1 cm³/mol. The summed E-state index contributed by atoms with van der Waals surface area (Å²) in [6.45, 7) is 1.91. The van der Waals surface area contributed by atoms with Crippen molar-refractivity contribution in [1.82, 2.24) is 5.32 Å². The molecular weight excluding hydrogens is 380 g/mol. The van der Waals surface area contributed by atoms with Crippen molar-refractivity contribution in [3.63, 3.8) is 0 Å². The van der Waals surface area contributed by atoms with Gasteiger partial charge in [-0.2, -0.15) is 0 Å². The van der Waals surface area contributed by atoms with Crippen LogP contribution in [0, 0.1) is 5.82 Å². The first-order valence-corrected chi connectivity index (χ1v) is 7.76. The van der Waals surface area contributed by atoms with E-state index in [9.17, 15) is 4.39 Å². The molecule has 0 aromatic heterocycles. The van der Waals surface area contributed by atoms with E-state index in [4.69, 9.17) is 27.9 Å². The summed E-state index contributed by atoms with van der Waals surface area (Å²) in [6, 6.07) is 7.56. The van der Waals surface area contributed by atoms with Crippen molar-refractivity contribution < 1.29 is 9.13 Å². The van der Waals surface area contributed by atoms with Gasteiger partial charge in [-0.1, -0.05) is 23.2 Å². The molecule has 21 heavy (non-hydrogen) atoms. The third kappa shape index (κ3) is 3.89. The van der Waals surface area contributed by atoms with Gasteiger partial charge in [-0.25, -0.2) is 4.39 Å². The molecule has 0 fully saturated rings. The van der Waals surface area contributed by atoms with Crippen molar-refractivity contribution in [2.45, 2.75) is 13.0 Å². The van der Waals surface area contributed by atoms with E-state index in [1.807, 2.05) is 6.92 Å². The maximum Gasteiger partial charge on any atom is 0.147 e. The van der Waals surface area contributed by atoms with Gasteiger partial charge in [0.2, 0.25) is 0 Å². The van der Waals surface area contributed by atoms with E-state index in [1.165, 1.54) is 12.1 Å². The summed E-state index contributed by atoms with van der Waals surface area (Å²) in [6.07, 6.45) is 0. The maximum atomic E-state index is 13.4. The summed E-state index contributed by atoms with van der Waals surface area (Å²) >= 11 is 15.5. The third-order valence-corrected chi connectivity index (χ3v) is 4.56. The van der Waals surface area contributed by atoms with Crippen LogP contribution in [0.15, 0.2) is 34.8 Å². The molecule has 6 heteroatoms. The van der Waals surface area contributed by atoms with Gasteiger partial charge >= 0.3 is 0 Å². The van der Waals surface area contributed by atoms with Crippen LogP contribution in [-0.4, -0.2) is 7.05 Å². The molecule has 1 N–H and O–H groups in total. The van der Waals surface area contributed by atoms with Crippen LogP contribution in [0.3, 0.4) is 0 Å². The Labute approximate surface area is 141 Å². The predicted octanol–water partition coefficient (Wildman–Crippen LogP) is 5.97. The summed E-state index contributed by atoms with van der Waals surface area (Å²) in [5.41, 5.74) is 0.701. The van der Waals surface area contributed by atoms with E-state index >= 15 is 0 Å². The number of rotatable bonds is 4. The molecule has 2 rings (SSSR count). The van der Waals surface area contributed by atoms with Crippen molar-refractivity contribution in [2.24, 2.45) is 0 Å². The second-order valence-electron chi connectivity index (χ2n) is 4.49. The molecule has 112 valence electrons. The summed E-state index contributed by atoms with van der Waals surface area (Å²) in [4.78, 5) is 0. The van der Waals surface area contributed by atoms with Gasteiger partial charge in [0.25, 0.3) is 0 Å². The lowest BCUT2D eigenvalue weighted by Gasteiger charge is -2.17. The third-order valence-electron chi connectivity index (χ3n) is 3.07. The van der Waals surface area contributed by atoms with Crippen LogP contribution in [0.25, 0.3) is 0 Å². The van der Waals surface area contributed by atoms with Crippen LogP contribution < -0.4 is 10.1 Å². The van der Waals surface area contributed by atoms with Crippen molar-refractivity contribution in [3.8, 4) is 11.5 Å². The Kier molecular flexibility index (Phi) is 5.49. The molecule has 0 saturated heterocycles. The number of hydrogen-bond acceptors (Lipinski definition) is 2. The van der Waals surface area contributed by atoms with E-state index < -0.39 is 0 Å². The second-order valence-corrected chi connectivity index (χ2v) is 6.16. The van der Waals surface area contributed by atoms with Crippen LogP contribution in [0.2, 0.25) is 10.0 Å². The number of hydrogen-bond donors (Lipinski definition) is 1. The highest BCUT2D eigenvalue weighted by Crippen LogP contribution is 2.38. The van der Waals surface area contributed by atoms with Crippen LogP contribution in [0.5, 0.6) is 11.5 Å². The Morgan fingerprint density at radius 1 is 1.14 bits per heavy atom. The van der Waals surface area contributed by atoms with E-state index in [0.717, 1.165) is 0 Å². The lowest BCUT2D eigenvalue weighted by atomic mass is 10.1. The summed E-state index contributed by atoms with van der Waals surface area (Å²) < 4.78 is 19.9. The number of nitrogens with one attached hydrogen (secondary N) is 1. The van der Waals surface area contributed by atoms with Gasteiger partial charge in [-0.15, -0.1) is 0 Å². The Morgan fingerprint density at radius 2 is 1.86 bits per heavy atom. The largest absolute Gasteiger partial charge is 0.455 e. The highest BCUT2D eigenvalue weighted by Gasteiger charge is 2.14. The zero-order chi connectivity index (χ0) is 15.6. The zero-order valence-electron chi connectivity index (χ0n) is 11.4.